The number of esters is 3. The van der Waals surface area contributed by atoms with E-state index in [2.05, 4.69) is 57.2 Å². The second-order valence-corrected chi connectivity index (χ2v) is 20.6. The van der Waals surface area contributed by atoms with E-state index in [0.29, 0.717) is 19.3 Å². The molecule has 0 amide bonds. The summed E-state index contributed by atoms with van der Waals surface area (Å²) in [6.07, 6.45) is 45.5. The Hall–Kier alpha value is -3.06. The molecule has 1 rings (SSSR count). The first-order valence-corrected chi connectivity index (χ1v) is 30.0. The molecule has 0 radical (unpaired) electrons. The number of allylic oxidation sites excluding steroid dienone is 6. The van der Waals surface area contributed by atoms with Crippen LogP contribution in [0.2, 0.25) is 0 Å². The molecule has 0 aliphatic carbocycles. The third-order valence-corrected chi connectivity index (χ3v) is 13.7. The lowest BCUT2D eigenvalue weighted by Gasteiger charge is -2.40. The van der Waals surface area contributed by atoms with Crippen molar-refractivity contribution < 1.29 is 58.2 Å². The van der Waals surface area contributed by atoms with Crippen LogP contribution >= 0.6 is 0 Å². The third-order valence-electron chi connectivity index (χ3n) is 13.7. The summed E-state index contributed by atoms with van der Waals surface area (Å²) in [4.78, 5) is 51.1. The number of hydrogen-bond acceptors (Lipinski definition) is 11. The Kier molecular flexibility index (Phi) is 46.4. The highest BCUT2D eigenvalue weighted by Crippen LogP contribution is 2.26. The summed E-state index contributed by atoms with van der Waals surface area (Å²) in [5, 5.41) is 31.4. The van der Waals surface area contributed by atoms with Crippen LogP contribution in [0.5, 0.6) is 0 Å². The van der Waals surface area contributed by atoms with Gasteiger partial charge in [-0.3, -0.25) is 14.4 Å². The summed E-state index contributed by atoms with van der Waals surface area (Å²) >= 11 is 0. The van der Waals surface area contributed by atoms with Gasteiger partial charge in [-0.15, -0.1) is 0 Å². The number of carbonyl (C=O) groups is 4. The first kappa shape index (κ1) is 68.0. The largest absolute Gasteiger partial charge is 0.479 e. The molecule has 1 aliphatic heterocycles. The number of aliphatic hydroxyl groups is 2. The SMILES string of the molecule is CCCC/C=C\CCCCCCCC(=O)OC(COC(=O)CCCCCCCCCCCCCCCCCCC)COC1OC(C(=O)O)C(O)C(O)C1OC(=O)CCCCCCC/C=C\C/C=C\CCCCC. The molecule has 0 saturated carbocycles. The fourth-order valence-electron chi connectivity index (χ4n) is 9.03. The van der Waals surface area contributed by atoms with E-state index < -0.39 is 67.3 Å². The van der Waals surface area contributed by atoms with Crippen molar-refractivity contribution in [2.24, 2.45) is 0 Å². The minimum Gasteiger partial charge on any atom is -0.479 e. The highest BCUT2D eigenvalue weighted by atomic mass is 16.7. The van der Waals surface area contributed by atoms with E-state index in [4.69, 9.17) is 23.7 Å². The van der Waals surface area contributed by atoms with Crippen molar-refractivity contribution in [3.8, 4) is 0 Å². The quantitative estimate of drug-likeness (QED) is 0.0228. The Morgan fingerprint density at radius 2 is 0.836 bits per heavy atom. The highest BCUT2D eigenvalue weighted by Gasteiger charge is 2.50. The van der Waals surface area contributed by atoms with Crippen molar-refractivity contribution in [1.29, 1.82) is 0 Å². The number of hydrogen-bond donors (Lipinski definition) is 3. The van der Waals surface area contributed by atoms with Crippen LogP contribution < -0.4 is 0 Å². The van der Waals surface area contributed by atoms with Gasteiger partial charge in [-0.2, -0.15) is 0 Å². The third kappa shape index (κ3) is 39.9. The molecule has 3 N–H and O–H groups in total. The normalized spacial score (nSPS) is 18.5. The molecule has 1 fully saturated rings. The van der Waals surface area contributed by atoms with Crippen molar-refractivity contribution in [2.75, 3.05) is 13.2 Å². The number of carbonyl (C=O) groups excluding carboxylic acids is 3. The molecule has 0 aromatic heterocycles. The van der Waals surface area contributed by atoms with Gasteiger partial charge >= 0.3 is 23.9 Å². The topological polar surface area (TPSA) is 175 Å². The van der Waals surface area contributed by atoms with Gasteiger partial charge in [-0.05, 0) is 70.6 Å². The molecule has 1 heterocycles. The number of unbranched alkanes of at least 4 members (excludes halogenated alkanes) is 31. The smallest absolute Gasteiger partial charge is 0.335 e. The van der Waals surface area contributed by atoms with Gasteiger partial charge in [0.1, 0.15) is 18.8 Å². The van der Waals surface area contributed by atoms with Crippen molar-refractivity contribution in [1.82, 2.24) is 0 Å². The maximum atomic E-state index is 13.1. The number of ether oxygens (including phenoxy) is 5. The lowest BCUT2D eigenvalue weighted by Crippen LogP contribution is -2.61. The number of carboxylic acid groups (broad SMARTS) is 1. The second-order valence-electron chi connectivity index (χ2n) is 20.6. The molecule has 73 heavy (non-hydrogen) atoms. The first-order valence-electron chi connectivity index (χ1n) is 30.0. The van der Waals surface area contributed by atoms with Gasteiger partial charge in [0.15, 0.2) is 24.6 Å². The standard InChI is InChI=1S/C61H108O12/c1-4-7-10-13-16-19-22-24-26-27-29-30-33-35-38-41-44-47-53(62)69-50-52(71-54(63)48-45-42-39-36-32-21-18-15-12-9-6-3)51-70-61-59(57(66)56(65)58(73-61)60(67)68)72-55(64)49-46-43-40-37-34-31-28-25-23-20-17-14-11-8-5-2/h15,17-18,20,25,28,52,56-59,61,65-66H,4-14,16,19,21-24,26-27,29-51H2,1-3H3,(H,67,68)/b18-15-,20-17-,28-25-. The Bertz CT molecular complexity index is 1410. The van der Waals surface area contributed by atoms with Crippen LogP contribution in [0.15, 0.2) is 36.5 Å². The summed E-state index contributed by atoms with van der Waals surface area (Å²) < 4.78 is 28.4. The maximum absolute atomic E-state index is 13.1. The Morgan fingerprint density at radius 3 is 1.32 bits per heavy atom. The van der Waals surface area contributed by atoms with Crippen LogP contribution in [0.1, 0.15) is 278 Å². The minimum absolute atomic E-state index is 0.0462. The molecule has 12 nitrogen and oxygen atoms in total. The summed E-state index contributed by atoms with van der Waals surface area (Å²) in [7, 11) is 0. The van der Waals surface area contributed by atoms with Crippen molar-refractivity contribution in [3.05, 3.63) is 36.5 Å². The molecular formula is C61H108O12. The van der Waals surface area contributed by atoms with Crippen LogP contribution in [0.4, 0.5) is 0 Å². The average Bonchev–Trinajstić information content (AvgIpc) is 3.37. The van der Waals surface area contributed by atoms with Gasteiger partial charge in [0.05, 0.1) is 6.61 Å². The van der Waals surface area contributed by atoms with E-state index in [-0.39, 0.29) is 25.9 Å². The molecule has 6 atom stereocenters. The van der Waals surface area contributed by atoms with Crippen LogP contribution in [0.3, 0.4) is 0 Å². The zero-order valence-corrected chi connectivity index (χ0v) is 46.6. The summed E-state index contributed by atoms with van der Waals surface area (Å²) in [6, 6.07) is 0. The summed E-state index contributed by atoms with van der Waals surface area (Å²) in [6.45, 7) is 5.93. The Balaban J connectivity index is 2.66. The van der Waals surface area contributed by atoms with E-state index in [9.17, 15) is 34.5 Å². The number of carboxylic acids is 1. The lowest BCUT2D eigenvalue weighted by molar-refractivity contribution is -0.301. The molecule has 1 saturated heterocycles. The van der Waals surface area contributed by atoms with Gasteiger partial charge in [0, 0.05) is 19.3 Å². The predicted molar refractivity (Wildman–Crippen MR) is 294 cm³/mol. The van der Waals surface area contributed by atoms with Crippen molar-refractivity contribution in [3.63, 3.8) is 0 Å². The number of rotatable bonds is 51. The van der Waals surface area contributed by atoms with Crippen LogP contribution in [0.25, 0.3) is 0 Å². The molecule has 0 bridgehead atoms. The molecule has 0 spiro atoms. The molecule has 424 valence electrons. The fourth-order valence-corrected chi connectivity index (χ4v) is 9.03. The summed E-state index contributed by atoms with van der Waals surface area (Å²) in [5.74, 6) is -3.13. The number of aliphatic carboxylic acids is 1. The second kappa shape index (κ2) is 49.8. The van der Waals surface area contributed by atoms with Crippen molar-refractivity contribution >= 4 is 23.9 Å². The van der Waals surface area contributed by atoms with Gasteiger partial charge < -0.3 is 39.0 Å². The van der Waals surface area contributed by atoms with E-state index in [0.717, 1.165) is 103 Å². The van der Waals surface area contributed by atoms with E-state index in [1.165, 1.54) is 116 Å². The zero-order valence-electron chi connectivity index (χ0n) is 46.6. The predicted octanol–water partition coefficient (Wildman–Crippen LogP) is 15.2. The molecular weight excluding hydrogens is 925 g/mol. The van der Waals surface area contributed by atoms with Gasteiger partial charge in [0.2, 0.25) is 0 Å². The molecule has 0 aromatic rings. The summed E-state index contributed by atoms with van der Waals surface area (Å²) in [5.41, 5.74) is 0. The van der Waals surface area contributed by atoms with Crippen LogP contribution in [-0.4, -0.2) is 89.2 Å². The van der Waals surface area contributed by atoms with Gasteiger partial charge in [-0.25, -0.2) is 4.79 Å². The first-order chi connectivity index (χ1) is 35.6. The maximum Gasteiger partial charge on any atom is 0.335 e. The Morgan fingerprint density at radius 1 is 0.452 bits per heavy atom. The van der Waals surface area contributed by atoms with E-state index in [1.54, 1.807) is 0 Å². The molecule has 12 heteroatoms. The van der Waals surface area contributed by atoms with E-state index in [1.807, 2.05) is 0 Å². The van der Waals surface area contributed by atoms with Gasteiger partial charge in [-0.1, -0.05) is 224 Å². The molecule has 6 unspecified atom stereocenters. The van der Waals surface area contributed by atoms with Crippen LogP contribution in [-0.2, 0) is 42.9 Å². The monoisotopic (exact) mass is 1030 g/mol. The highest BCUT2D eigenvalue weighted by molar-refractivity contribution is 5.74. The van der Waals surface area contributed by atoms with Gasteiger partial charge in [0.25, 0.3) is 0 Å². The lowest BCUT2D eigenvalue weighted by atomic mass is 9.98. The van der Waals surface area contributed by atoms with Crippen molar-refractivity contribution in [2.45, 2.75) is 314 Å². The molecule has 0 aromatic carbocycles. The van der Waals surface area contributed by atoms with Crippen LogP contribution in [0, 0.1) is 0 Å². The minimum atomic E-state index is -1.91. The average molecular weight is 1030 g/mol. The number of aliphatic hydroxyl groups excluding tert-OH is 2. The zero-order chi connectivity index (χ0) is 53.3. The Labute approximate surface area is 444 Å². The van der Waals surface area contributed by atoms with E-state index >= 15 is 0 Å². The fraction of sp³-hybridized carbons (Fsp3) is 0.836. The molecule has 1 aliphatic rings.